The van der Waals surface area contributed by atoms with E-state index in [0.717, 1.165) is 0 Å². The van der Waals surface area contributed by atoms with Gasteiger partial charge in [-0.1, -0.05) is 0 Å². The molecule has 8 heteroatoms. The van der Waals surface area contributed by atoms with E-state index in [1.54, 1.807) is 0 Å². The summed E-state index contributed by atoms with van der Waals surface area (Å²) in [6, 6.07) is 0. The van der Waals surface area contributed by atoms with Crippen molar-refractivity contribution in [3.8, 4) is 0 Å². The number of hydrogen-bond acceptors (Lipinski definition) is 4. The highest BCUT2D eigenvalue weighted by Gasteiger charge is 2.24. The van der Waals surface area contributed by atoms with Crippen LogP contribution in [0, 0.1) is 0 Å². The van der Waals surface area contributed by atoms with Crippen molar-refractivity contribution >= 4 is 16.5 Å². The Labute approximate surface area is 58.0 Å². The van der Waals surface area contributed by atoms with Crippen molar-refractivity contribution in [1.29, 1.82) is 0 Å². The second kappa shape index (κ2) is 4.30. The quantitative estimate of drug-likeness (QED) is 0.497. The molecule has 0 saturated carbocycles. The van der Waals surface area contributed by atoms with Gasteiger partial charge in [-0.05, 0) is 6.58 Å². The van der Waals surface area contributed by atoms with Gasteiger partial charge in [0.15, 0.2) is 0 Å². The minimum Gasteiger partial charge on any atom is -0.185 e. The van der Waals surface area contributed by atoms with Crippen LogP contribution in [-0.2, 0) is 18.2 Å². The van der Waals surface area contributed by atoms with Gasteiger partial charge in [0, 0.05) is 9.13 Å². The molecule has 6 nitrogen and oxygen atoms in total. The lowest BCUT2D eigenvalue weighted by Crippen LogP contribution is -1.81. The normalized spacial score (nSPS) is 11.8. The second-order valence-corrected chi connectivity index (χ2v) is 2.35. The van der Waals surface area contributed by atoms with Crippen molar-refractivity contribution in [3.05, 3.63) is 12.5 Å². The third kappa shape index (κ3) is 5.59. The molecule has 56 valence electrons. The Balaban J connectivity index is 3.65. The molecule has 0 fully saturated rings. The Morgan fingerprint density at radius 3 is 1.70 bits per heavy atom. The average Bonchev–Trinajstić information content (AvgIpc) is 1.58. The Hall–Kier alpha value is -0.540. The standard InChI is InChI=1S/C2H2O6P2/c1-2(7-9(3)4)8-10(5)6/h1H2/p+2. The van der Waals surface area contributed by atoms with Crippen LogP contribution in [-0.4, -0.2) is 9.79 Å². The highest BCUT2D eigenvalue weighted by molar-refractivity contribution is 7.33. The largest absolute Gasteiger partial charge is 0.750 e. The molecular formula is C2H4O6P2+2. The zero-order chi connectivity index (χ0) is 8.15. The molecule has 0 amide bonds. The molecule has 0 aliphatic carbocycles. The second-order valence-electron chi connectivity index (χ2n) is 1.03. The van der Waals surface area contributed by atoms with E-state index in [1.165, 1.54) is 0 Å². The summed E-state index contributed by atoms with van der Waals surface area (Å²) >= 11 is 0. The number of rotatable bonds is 4. The average molecular weight is 186 g/mol. The molecule has 0 aliphatic heterocycles. The molecule has 2 unspecified atom stereocenters. The zero-order valence-corrected chi connectivity index (χ0v) is 6.42. The third-order valence-corrected chi connectivity index (χ3v) is 1.08. The molecule has 0 aromatic heterocycles. The predicted molar refractivity (Wildman–Crippen MR) is 31.0 cm³/mol. The van der Waals surface area contributed by atoms with Gasteiger partial charge in [0.1, 0.15) is 0 Å². The lowest BCUT2D eigenvalue weighted by atomic mass is 11.1. The van der Waals surface area contributed by atoms with Gasteiger partial charge in [-0.2, -0.15) is 9.05 Å². The summed E-state index contributed by atoms with van der Waals surface area (Å²) in [4.78, 5) is 16.0. The highest BCUT2D eigenvalue weighted by Crippen LogP contribution is 2.26. The first-order valence-corrected chi connectivity index (χ1v) is 4.15. The predicted octanol–water partition coefficient (Wildman–Crippen LogP) is 0.790. The third-order valence-electron chi connectivity index (χ3n) is 0.360. The molecule has 0 aliphatic rings. The summed E-state index contributed by atoms with van der Waals surface area (Å²) in [6.07, 6.45) is 0. The maximum atomic E-state index is 9.80. The molecule has 0 heterocycles. The van der Waals surface area contributed by atoms with Gasteiger partial charge in [0.05, 0.1) is 0 Å². The van der Waals surface area contributed by atoms with E-state index in [2.05, 4.69) is 15.6 Å². The maximum absolute atomic E-state index is 9.80. The van der Waals surface area contributed by atoms with Gasteiger partial charge < -0.3 is 0 Å². The molecule has 0 spiro atoms. The van der Waals surface area contributed by atoms with Crippen molar-refractivity contribution in [2.45, 2.75) is 0 Å². The first-order valence-electron chi connectivity index (χ1n) is 1.89. The molecular weight excluding hydrogens is 182 g/mol. The molecule has 0 radical (unpaired) electrons. The van der Waals surface area contributed by atoms with Crippen molar-refractivity contribution in [3.63, 3.8) is 0 Å². The summed E-state index contributed by atoms with van der Waals surface area (Å²) in [5.41, 5.74) is 0. The Morgan fingerprint density at radius 1 is 1.20 bits per heavy atom. The molecule has 0 aromatic rings. The van der Waals surface area contributed by atoms with Crippen LogP contribution in [0.15, 0.2) is 12.5 Å². The van der Waals surface area contributed by atoms with Gasteiger partial charge >= 0.3 is 22.5 Å². The van der Waals surface area contributed by atoms with Gasteiger partial charge in [0.2, 0.25) is 0 Å². The van der Waals surface area contributed by atoms with Crippen molar-refractivity contribution in [1.82, 2.24) is 0 Å². The van der Waals surface area contributed by atoms with Gasteiger partial charge in [-0.15, -0.1) is 9.79 Å². The lowest BCUT2D eigenvalue weighted by molar-refractivity contribution is 0.208. The maximum Gasteiger partial charge on any atom is 0.750 e. The van der Waals surface area contributed by atoms with E-state index in [-0.39, 0.29) is 0 Å². The summed E-state index contributed by atoms with van der Waals surface area (Å²) in [5.74, 6) is -0.660. The summed E-state index contributed by atoms with van der Waals surface area (Å²) in [6.45, 7) is 2.90. The first kappa shape index (κ1) is 9.46. The monoisotopic (exact) mass is 186 g/mol. The van der Waals surface area contributed by atoms with Gasteiger partial charge in [-0.25, -0.2) is 0 Å². The van der Waals surface area contributed by atoms with Crippen molar-refractivity contribution < 1.29 is 28.0 Å². The molecule has 0 bridgehead atoms. The lowest BCUT2D eigenvalue weighted by Gasteiger charge is -1.81. The SMILES string of the molecule is C=C(O[P+](=O)O)O[P+](=O)O. The molecule has 0 rings (SSSR count). The Kier molecular flexibility index (Phi) is 4.07. The van der Waals surface area contributed by atoms with Crippen LogP contribution in [0.5, 0.6) is 0 Å². The van der Waals surface area contributed by atoms with Crippen molar-refractivity contribution in [2.24, 2.45) is 0 Å². The topological polar surface area (TPSA) is 93.1 Å². The molecule has 0 saturated heterocycles. The van der Waals surface area contributed by atoms with Crippen LogP contribution in [0.3, 0.4) is 0 Å². The van der Waals surface area contributed by atoms with E-state index in [0.29, 0.717) is 0 Å². The minimum atomic E-state index is -2.88. The van der Waals surface area contributed by atoms with Crippen LogP contribution >= 0.6 is 16.5 Å². The van der Waals surface area contributed by atoms with E-state index < -0.39 is 22.5 Å². The minimum absolute atomic E-state index is 0.660. The summed E-state index contributed by atoms with van der Waals surface area (Å²) in [5, 5.41) is 0. The molecule has 10 heavy (non-hydrogen) atoms. The fraction of sp³-hybridized carbons (Fsp3) is 0. The van der Waals surface area contributed by atoms with Crippen LogP contribution in [0.25, 0.3) is 0 Å². The van der Waals surface area contributed by atoms with Crippen LogP contribution < -0.4 is 0 Å². The highest BCUT2D eigenvalue weighted by atomic mass is 31.1. The first-order chi connectivity index (χ1) is 4.52. The fourth-order valence-electron chi connectivity index (χ4n) is 0.191. The van der Waals surface area contributed by atoms with E-state index in [9.17, 15) is 9.13 Å². The van der Waals surface area contributed by atoms with E-state index in [4.69, 9.17) is 9.79 Å². The Bertz CT molecular complexity index is 157. The van der Waals surface area contributed by atoms with Crippen molar-refractivity contribution in [2.75, 3.05) is 0 Å². The summed E-state index contributed by atoms with van der Waals surface area (Å²) in [7, 11) is -5.77. The molecule has 2 N–H and O–H groups in total. The fourth-order valence-corrected chi connectivity index (χ4v) is 0.673. The van der Waals surface area contributed by atoms with Crippen LogP contribution in [0.2, 0.25) is 0 Å². The van der Waals surface area contributed by atoms with Crippen LogP contribution in [0.4, 0.5) is 0 Å². The number of hydrogen-bond donors (Lipinski definition) is 2. The van der Waals surface area contributed by atoms with Gasteiger partial charge in [0.25, 0.3) is 0 Å². The molecule has 0 aromatic carbocycles. The smallest absolute Gasteiger partial charge is 0.185 e. The van der Waals surface area contributed by atoms with Crippen LogP contribution in [0.1, 0.15) is 0 Å². The van der Waals surface area contributed by atoms with E-state index in [1.807, 2.05) is 0 Å². The van der Waals surface area contributed by atoms with Gasteiger partial charge in [-0.3, -0.25) is 0 Å². The zero-order valence-electron chi connectivity index (χ0n) is 4.63. The van der Waals surface area contributed by atoms with E-state index >= 15 is 0 Å². The molecule has 2 atom stereocenters. The Morgan fingerprint density at radius 2 is 1.50 bits per heavy atom. The summed E-state index contributed by atoms with van der Waals surface area (Å²) < 4.78 is 27.3.